The van der Waals surface area contributed by atoms with Gasteiger partial charge in [-0.05, 0) is 38.0 Å². The van der Waals surface area contributed by atoms with E-state index in [0.717, 1.165) is 31.6 Å². The molecule has 0 unspecified atom stereocenters. The second-order valence-electron chi connectivity index (χ2n) is 7.33. The molecule has 1 N–H and O–H groups in total. The quantitative estimate of drug-likeness (QED) is 0.867. The molecule has 0 radical (unpaired) electrons. The van der Waals surface area contributed by atoms with Crippen LogP contribution in [0.5, 0.6) is 0 Å². The average Bonchev–Trinajstić information content (AvgIpc) is 2.95. The largest absolute Gasteiger partial charge is 0.481 e. The molecule has 1 amide bonds. The number of carboxylic acid groups (broad SMARTS) is 1. The Kier molecular flexibility index (Phi) is 4.44. The summed E-state index contributed by atoms with van der Waals surface area (Å²) in [5, 5.41) is 9.68. The first-order valence-electron chi connectivity index (χ1n) is 8.66. The first kappa shape index (κ1) is 15.8. The highest BCUT2D eigenvalue weighted by Gasteiger charge is 2.55. The van der Waals surface area contributed by atoms with Crippen LogP contribution in [0.1, 0.15) is 45.4 Å². The van der Waals surface area contributed by atoms with E-state index in [1.165, 1.54) is 6.42 Å². The lowest BCUT2D eigenvalue weighted by Gasteiger charge is -2.34. The number of carboxylic acids is 1. The molecule has 2 atom stereocenters. The highest BCUT2D eigenvalue weighted by atomic mass is 16.5. The van der Waals surface area contributed by atoms with E-state index in [4.69, 9.17) is 4.74 Å². The van der Waals surface area contributed by atoms with E-state index in [9.17, 15) is 14.7 Å². The van der Waals surface area contributed by atoms with Crippen LogP contribution in [-0.2, 0) is 14.3 Å². The summed E-state index contributed by atoms with van der Waals surface area (Å²) in [5.41, 5.74) is -0.769. The summed E-state index contributed by atoms with van der Waals surface area (Å²) in [6, 6.07) is 0. The molecule has 2 aliphatic heterocycles. The first-order chi connectivity index (χ1) is 10.6. The summed E-state index contributed by atoms with van der Waals surface area (Å²) in [4.78, 5) is 26.4. The maximum absolute atomic E-state index is 12.8. The summed E-state index contributed by atoms with van der Waals surface area (Å²) < 4.78 is 5.46. The predicted octanol–water partition coefficient (Wildman–Crippen LogP) is 2.15. The van der Waals surface area contributed by atoms with Crippen molar-refractivity contribution in [2.75, 3.05) is 26.3 Å². The Bertz CT molecular complexity index is 444. The molecule has 1 saturated carbocycles. The van der Waals surface area contributed by atoms with Gasteiger partial charge in [0, 0.05) is 31.5 Å². The Morgan fingerprint density at radius 1 is 1.27 bits per heavy atom. The van der Waals surface area contributed by atoms with Crippen molar-refractivity contribution in [3.05, 3.63) is 0 Å². The molecule has 5 nitrogen and oxygen atoms in total. The van der Waals surface area contributed by atoms with E-state index in [1.807, 2.05) is 4.90 Å². The van der Waals surface area contributed by atoms with E-state index in [1.54, 1.807) is 0 Å². The lowest BCUT2D eigenvalue weighted by molar-refractivity contribution is -0.157. The highest BCUT2D eigenvalue weighted by molar-refractivity contribution is 5.82. The molecule has 3 fully saturated rings. The molecule has 2 saturated heterocycles. The summed E-state index contributed by atoms with van der Waals surface area (Å²) in [7, 11) is 0. The molecular formula is C17H27NO4. The lowest BCUT2D eigenvalue weighted by Crippen LogP contribution is -2.45. The Morgan fingerprint density at radius 3 is 2.59 bits per heavy atom. The number of amides is 1. The average molecular weight is 309 g/mol. The van der Waals surface area contributed by atoms with Gasteiger partial charge in [0.2, 0.25) is 5.91 Å². The highest BCUT2D eigenvalue weighted by Crippen LogP contribution is 2.43. The smallest absolute Gasteiger partial charge is 0.311 e. The molecule has 0 spiro atoms. The number of fused-ring (bicyclic) bond motifs is 1. The zero-order valence-corrected chi connectivity index (χ0v) is 13.4. The molecule has 5 heteroatoms. The Hall–Kier alpha value is -1.10. The third kappa shape index (κ3) is 2.64. The minimum Gasteiger partial charge on any atom is -0.481 e. The Morgan fingerprint density at radius 2 is 2.00 bits per heavy atom. The van der Waals surface area contributed by atoms with Gasteiger partial charge in [-0.25, -0.2) is 0 Å². The van der Waals surface area contributed by atoms with E-state index >= 15 is 0 Å². The molecule has 124 valence electrons. The minimum atomic E-state index is -0.769. The molecule has 0 aromatic heterocycles. The first-order valence-corrected chi connectivity index (χ1v) is 8.66. The second kappa shape index (κ2) is 6.19. The van der Waals surface area contributed by atoms with Crippen LogP contribution >= 0.6 is 0 Å². The fraction of sp³-hybridized carbons (Fsp3) is 0.882. The van der Waals surface area contributed by atoms with E-state index in [0.29, 0.717) is 32.7 Å². The van der Waals surface area contributed by atoms with Gasteiger partial charge in [-0.1, -0.05) is 13.3 Å². The SMILES string of the molecule is CCC1CCC(C(=O)N2C[C@H]3COCC[C@@]3(C(=O)O)C2)CC1. The van der Waals surface area contributed by atoms with Crippen molar-refractivity contribution < 1.29 is 19.4 Å². The molecular weight excluding hydrogens is 282 g/mol. The van der Waals surface area contributed by atoms with Crippen LogP contribution in [0.2, 0.25) is 0 Å². The number of ether oxygens (including phenoxy) is 1. The van der Waals surface area contributed by atoms with Crippen molar-refractivity contribution in [1.82, 2.24) is 4.90 Å². The third-order valence-corrected chi connectivity index (χ3v) is 6.22. The molecule has 3 aliphatic rings. The van der Waals surface area contributed by atoms with Crippen LogP contribution in [0.15, 0.2) is 0 Å². The topological polar surface area (TPSA) is 66.8 Å². The summed E-state index contributed by atoms with van der Waals surface area (Å²) >= 11 is 0. The van der Waals surface area contributed by atoms with Gasteiger partial charge in [0.1, 0.15) is 0 Å². The monoisotopic (exact) mass is 309 g/mol. The van der Waals surface area contributed by atoms with Gasteiger partial charge in [0.15, 0.2) is 0 Å². The number of hydrogen-bond acceptors (Lipinski definition) is 3. The van der Waals surface area contributed by atoms with Gasteiger partial charge in [-0.3, -0.25) is 9.59 Å². The second-order valence-corrected chi connectivity index (χ2v) is 7.33. The number of nitrogens with zero attached hydrogens (tertiary/aromatic N) is 1. The number of likely N-dealkylation sites (tertiary alicyclic amines) is 1. The van der Waals surface area contributed by atoms with Gasteiger partial charge in [-0.2, -0.15) is 0 Å². The molecule has 22 heavy (non-hydrogen) atoms. The number of hydrogen-bond donors (Lipinski definition) is 1. The fourth-order valence-corrected chi connectivity index (χ4v) is 4.54. The zero-order valence-electron chi connectivity index (χ0n) is 13.4. The van der Waals surface area contributed by atoms with Crippen molar-refractivity contribution in [2.45, 2.75) is 45.4 Å². The van der Waals surface area contributed by atoms with Crippen molar-refractivity contribution in [3.8, 4) is 0 Å². The summed E-state index contributed by atoms with van der Waals surface area (Å²) in [6.07, 6.45) is 5.93. The summed E-state index contributed by atoms with van der Waals surface area (Å²) in [6.45, 7) is 4.11. The van der Waals surface area contributed by atoms with Crippen molar-refractivity contribution in [1.29, 1.82) is 0 Å². The van der Waals surface area contributed by atoms with E-state index < -0.39 is 11.4 Å². The van der Waals surface area contributed by atoms with Crippen molar-refractivity contribution in [2.24, 2.45) is 23.2 Å². The molecule has 0 aromatic rings. The molecule has 0 bridgehead atoms. The number of aliphatic carboxylic acids is 1. The fourth-order valence-electron chi connectivity index (χ4n) is 4.54. The van der Waals surface area contributed by atoms with E-state index in [2.05, 4.69) is 6.92 Å². The van der Waals surface area contributed by atoms with Gasteiger partial charge in [0.25, 0.3) is 0 Å². The van der Waals surface area contributed by atoms with E-state index in [-0.39, 0.29) is 17.7 Å². The van der Waals surface area contributed by atoms with Crippen molar-refractivity contribution in [3.63, 3.8) is 0 Å². The molecule has 0 aromatic carbocycles. The number of carbonyl (C=O) groups is 2. The maximum atomic E-state index is 12.8. The van der Waals surface area contributed by atoms with Gasteiger partial charge < -0.3 is 14.7 Å². The number of carbonyl (C=O) groups excluding carboxylic acids is 1. The van der Waals surface area contributed by atoms with Crippen LogP contribution in [0, 0.1) is 23.2 Å². The summed E-state index contributed by atoms with van der Waals surface area (Å²) in [5.74, 6) is 0.253. The van der Waals surface area contributed by atoms with Crippen LogP contribution in [0.25, 0.3) is 0 Å². The Labute approximate surface area is 132 Å². The van der Waals surface area contributed by atoms with Crippen LogP contribution in [-0.4, -0.2) is 48.2 Å². The van der Waals surface area contributed by atoms with Crippen LogP contribution in [0.3, 0.4) is 0 Å². The van der Waals surface area contributed by atoms with Crippen LogP contribution < -0.4 is 0 Å². The maximum Gasteiger partial charge on any atom is 0.311 e. The Balaban J connectivity index is 1.66. The van der Waals surface area contributed by atoms with Crippen molar-refractivity contribution >= 4 is 11.9 Å². The standard InChI is InChI=1S/C17H27NO4/c1-2-12-3-5-13(6-4-12)15(19)18-9-14-10-22-8-7-17(14,11-18)16(20)21/h12-14H,2-11H2,1H3,(H,20,21)/t12?,13?,14-,17+/m0/s1. The molecule has 1 aliphatic carbocycles. The van der Waals surface area contributed by atoms with Gasteiger partial charge >= 0.3 is 5.97 Å². The van der Waals surface area contributed by atoms with Gasteiger partial charge in [0.05, 0.1) is 12.0 Å². The number of rotatable bonds is 3. The normalized spacial score (nSPS) is 38.6. The van der Waals surface area contributed by atoms with Gasteiger partial charge in [-0.15, -0.1) is 0 Å². The van der Waals surface area contributed by atoms with Crippen LogP contribution in [0.4, 0.5) is 0 Å². The molecule has 3 rings (SSSR count). The third-order valence-electron chi connectivity index (χ3n) is 6.22. The minimum absolute atomic E-state index is 0.0466. The lowest BCUT2D eigenvalue weighted by atomic mass is 9.74. The molecule has 2 heterocycles. The zero-order chi connectivity index (χ0) is 15.7. The predicted molar refractivity (Wildman–Crippen MR) is 81.3 cm³/mol.